The monoisotopic (exact) mass is 451 g/mol. The lowest BCUT2D eigenvalue weighted by molar-refractivity contribution is -0.115. The van der Waals surface area contributed by atoms with Crippen LogP contribution in [0, 0.1) is 0 Å². The van der Waals surface area contributed by atoms with Crippen LogP contribution >= 0.6 is 0 Å². The number of carbonyl (C=O) groups is 2. The van der Waals surface area contributed by atoms with E-state index in [0.717, 1.165) is 0 Å². The van der Waals surface area contributed by atoms with Crippen LogP contribution in [0.15, 0.2) is 46.4 Å². The minimum absolute atomic E-state index is 0.184. The number of fused-ring (bicyclic) bond motifs is 2. The average Bonchev–Trinajstić information content (AvgIpc) is 2.76. The summed E-state index contributed by atoms with van der Waals surface area (Å²) in [5, 5.41) is 6.84. The Morgan fingerprint density at radius 3 is 2.18 bits per heavy atom. The van der Waals surface area contributed by atoms with Crippen molar-refractivity contribution in [1.82, 2.24) is 4.98 Å². The molecule has 3 rings (SSSR count). The maximum atomic E-state index is 12.5. The van der Waals surface area contributed by atoms with Crippen molar-refractivity contribution in [2.75, 3.05) is 30.3 Å². The fraction of sp³-hybridized carbons (Fsp3) is 0.190. The highest BCUT2D eigenvalue weighted by atomic mass is 16.5. The molecular weight excluding hydrogens is 426 g/mol. The molecule has 0 atom stereocenters. The molecule has 0 unspecified atom stereocenters. The standard InChI is InChI=1S/C21H25N9O3/c1-2-33-12-4-5-13-16(8-12)29-15-6-3-11(28-17(31)9-26-20(22)23)7-14(15)19(13)30-18(32)10-27-21(24)25/h3-8H,2,9-10H2,1H3,(H,28,31)(H4,22,23,26)(H4,24,25,27)(H,29,30,32). The minimum Gasteiger partial charge on any atom is -0.494 e. The first-order chi connectivity index (χ1) is 15.8. The van der Waals surface area contributed by atoms with Gasteiger partial charge < -0.3 is 38.3 Å². The van der Waals surface area contributed by atoms with E-state index in [4.69, 9.17) is 27.7 Å². The summed E-state index contributed by atoms with van der Waals surface area (Å²) in [6.07, 6.45) is 0. The van der Waals surface area contributed by atoms with E-state index >= 15 is 0 Å². The zero-order valence-electron chi connectivity index (χ0n) is 18.0. The first kappa shape index (κ1) is 23.1. The second-order valence-electron chi connectivity index (χ2n) is 6.91. The van der Waals surface area contributed by atoms with E-state index in [0.29, 0.717) is 45.5 Å². The van der Waals surface area contributed by atoms with Crippen LogP contribution < -0.4 is 38.3 Å². The Balaban J connectivity index is 2.07. The second-order valence-corrected chi connectivity index (χ2v) is 6.91. The minimum atomic E-state index is -0.423. The fourth-order valence-corrected chi connectivity index (χ4v) is 3.10. The van der Waals surface area contributed by atoms with Gasteiger partial charge in [0.2, 0.25) is 11.8 Å². The molecule has 0 saturated heterocycles. The highest BCUT2D eigenvalue weighted by Crippen LogP contribution is 2.34. The summed E-state index contributed by atoms with van der Waals surface area (Å²) in [7, 11) is 0. The number of benzene rings is 2. The van der Waals surface area contributed by atoms with Crippen molar-refractivity contribution < 1.29 is 14.3 Å². The van der Waals surface area contributed by atoms with Gasteiger partial charge in [0.15, 0.2) is 11.9 Å². The summed E-state index contributed by atoms with van der Waals surface area (Å²) in [4.78, 5) is 36.7. The molecule has 1 heterocycles. The van der Waals surface area contributed by atoms with Gasteiger partial charge >= 0.3 is 0 Å². The Morgan fingerprint density at radius 1 is 0.879 bits per heavy atom. The normalized spacial score (nSPS) is 10.5. The van der Waals surface area contributed by atoms with E-state index in [1.54, 1.807) is 36.4 Å². The molecule has 10 N–H and O–H groups in total. The lowest BCUT2D eigenvalue weighted by Crippen LogP contribution is -2.25. The number of rotatable bonds is 8. The van der Waals surface area contributed by atoms with Crippen LogP contribution in [0.25, 0.3) is 21.8 Å². The molecule has 0 aliphatic rings. The molecule has 0 bridgehead atoms. The number of nitrogens with two attached hydrogens (primary N) is 4. The number of aromatic nitrogens is 1. The van der Waals surface area contributed by atoms with Crippen molar-refractivity contribution in [2.45, 2.75) is 6.92 Å². The Bertz CT molecular complexity index is 1260. The first-order valence-electron chi connectivity index (χ1n) is 9.97. The predicted octanol–water partition coefficient (Wildman–Crippen LogP) is 0.211. The molecule has 0 aliphatic carbocycles. The van der Waals surface area contributed by atoms with E-state index in [2.05, 4.69) is 25.6 Å². The van der Waals surface area contributed by atoms with E-state index in [1.807, 2.05) is 6.92 Å². The van der Waals surface area contributed by atoms with Crippen molar-refractivity contribution >= 4 is 56.9 Å². The maximum absolute atomic E-state index is 12.5. The molecule has 2 aromatic carbocycles. The van der Waals surface area contributed by atoms with Gasteiger partial charge in [-0.3, -0.25) is 9.59 Å². The van der Waals surface area contributed by atoms with Crippen molar-refractivity contribution in [2.24, 2.45) is 32.9 Å². The molecule has 12 nitrogen and oxygen atoms in total. The van der Waals surface area contributed by atoms with Crippen molar-refractivity contribution in [3.8, 4) is 5.75 Å². The van der Waals surface area contributed by atoms with E-state index < -0.39 is 11.8 Å². The zero-order chi connectivity index (χ0) is 24.0. The van der Waals surface area contributed by atoms with Gasteiger partial charge in [-0.1, -0.05) is 0 Å². The lowest BCUT2D eigenvalue weighted by Gasteiger charge is -2.14. The molecule has 0 aliphatic heterocycles. The Kier molecular flexibility index (Phi) is 7.08. The number of hydrogen-bond acceptors (Lipinski definition) is 6. The first-order valence-corrected chi connectivity index (χ1v) is 9.97. The number of amides is 2. The predicted molar refractivity (Wildman–Crippen MR) is 129 cm³/mol. The van der Waals surface area contributed by atoms with Gasteiger partial charge in [0.25, 0.3) is 0 Å². The number of guanidine groups is 2. The van der Waals surface area contributed by atoms with Crippen molar-refractivity contribution in [3.05, 3.63) is 36.4 Å². The molecular formula is C21H25N9O3. The van der Waals surface area contributed by atoms with Crippen LogP contribution in [0.5, 0.6) is 5.75 Å². The smallest absolute Gasteiger partial charge is 0.246 e. The number of anilines is 2. The van der Waals surface area contributed by atoms with Gasteiger partial charge in [0.05, 0.1) is 23.3 Å². The summed E-state index contributed by atoms with van der Waals surface area (Å²) in [5.74, 6) is -0.555. The molecule has 2 amide bonds. The maximum Gasteiger partial charge on any atom is 0.246 e. The van der Waals surface area contributed by atoms with Crippen molar-refractivity contribution in [1.29, 1.82) is 0 Å². The topological polar surface area (TPSA) is 209 Å². The van der Waals surface area contributed by atoms with Crippen LogP contribution in [0.4, 0.5) is 11.4 Å². The quantitative estimate of drug-likeness (QED) is 0.158. The number of pyridine rings is 1. The molecule has 0 saturated carbocycles. The Hall–Kier alpha value is -4.61. The molecule has 33 heavy (non-hydrogen) atoms. The summed E-state index contributed by atoms with van der Waals surface area (Å²) >= 11 is 0. The largest absolute Gasteiger partial charge is 0.494 e. The molecule has 3 aromatic rings. The molecule has 0 radical (unpaired) electrons. The van der Waals surface area contributed by atoms with Gasteiger partial charge in [-0.25, -0.2) is 15.0 Å². The molecule has 0 spiro atoms. The summed E-state index contributed by atoms with van der Waals surface area (Å²) in [5.41, 5.74) is 23.4. The number of carbonyl (C=O) groups excluding carboxylic acids is 2. The molecule has 12 heteroatoms. The molecule has 172 valence electrons. The van der Waals surface area contributed by atoms with Gasteiger partial charge in [0, 0.05) is 22.5 Å². The average molecular weight is 451 g/mol. The third-order valence-corrected chi connectivity index (χ3v) is 4.41. The van der Waals surface area contributed by atoms with E-state index in [1.165, 1.54) is 0 Å². The van der Waals surface area contributed by atoms with Crippen molar-refractivity contribution in [3.63, 3.8) is 0 Å². The SMILES string of the molecule is CCOc1ccc2c(NC(=O)CN=C(N)N)c3cc(NC(=O)CN=C(N)N)ccc3nc2c1. The summed E-state index contributed by atoms with van der Waals surface area (Å²) < 4.78 is 5.57. The van der Waals surface area contributed by atoms with E-state index in [9.17, 15) is 9.59 Å². The second kappa shape index (κ2) is 10.1. The van der Waals surface area contributed by atoms with Gasteiger partial charge in [-0.2, -0.15) is 0 Å². The van der Waals surface area contributed by atoms with Crippen LogP contribution in [-0.2, 0) is 9.59 Å². The molecule has 1 aromatic heterocycles. The van der Waals surface area contributed by atoms with Crippen LogP contribution in [0.2, 0.25) is 0 Å². The highest BCUT2D eigenvalue weighted by molar-refractivity contribution is 6.14. The fourth-order valence-electron chi connectivity index (χ4n) is 3.10. The highest BCUT2D eigenvalue weighted by Gasteiger charge is 2.14. The summed E-state index contributed by atoms with van der Waals surface area (Å²) in [6, 6.07) is 10.5. The number of nitrogens with zero attached hydrogens (tertiary/aromatic N) is 3. The summed E-state index contributed by atoms with van der Waals surface area (Å²) in [6.45, 7) is 1.92. The third-order valence-electron chi connectivity index (χ3n) is 4.41. The lowest BCUT2D eigenvalue weighted by atomic mass is 10.1. The van der Waals surface area contributed by atoms with E-state index in [-0.39, 0.29) is 25.0 Å². The zero-order valence-corrected chi connectivity index (χ0v) is 18.0. The molecule has 0 fully saturated rings. The number of hydrogen-bond donors (Lipinski definition) is 6. The Labute approximate surface area is 189 Å². The van der Waals surface area contributed by atoms with Gasteiger partial charge in [-0.05, 0) is 37.3 Å². The third kappa shape index (κ3) is 5.97. The van der Waals surface area contributed by atoms with Crippen LogP contribution in [-0.4, -0.2) is 48.4 Å². The Morgan fingerprint density at radius 2 is 1.55 bits per heavy atom. The van der Waals surface area contributed by atoms with Gasteiger partial charge in [-0.15, -0.1) is 0 Å². The van der Waals surface area contributed by atoms with Crippen LogP contribution in [0.3, 0.4) is 0 Å². The van der Waals surface area contributed by atoms with Gasteiger partial charge in [0.1, 0.15) is 18.8 Å². The number of nitrogens with one attached hydrogen (secondary N) is 2. The number of ether oxygens (including phenoxy) is 1. The number of aliphatic imine (C=N–C) groups is 2. The van der Waals surface area contributed by atoms with Crippen LogP contribution in [0.1, 0.15) is 6.92 Å².